The summed E-state index contributed by atoms with van der Waals surface area (Å²) in [6, 6.07) is 25.0. The van der Waals surface area contributed by atoms with E-state index in [0.717, 1.165) is 50.4 Å². The van der Waals surface area contributed by atoms with E-state index < -0.39 is 18.1 Å². The third-order valence-corrected chi connectivity index (χ3v) is 7.99. The highest BCUT2D eigenvalue weighted by Gasteiger charge is 2.32. The third-order valence-electron chi connectivity index (χ3n) is 7.99. The number of aliphatic hydroxyl groups excluding tert-OH is 1. The molecule has 9 heteroatoms. The number of hydrogen-bond donors (Lipinski definition) is 3. The van der Waals surface area contributed by atoms with Crippen molar-refractivity contribution >= 4 is 5.97 Å². The average molecular weight is 609 g/mol. The number of carboxylic acid groups (broad SMARTS) is 1. The molecule has 1 atom stereocenters. The SMILES string of the molecule is Cc1cc(OCc2cccc(-c3ccc4c(c3)OCCO4)c2C)cc(OCc2cccc(C#N)c2)c1CN[C@](C)(CO)C(=O)O. The highest BCUT2D eigenvalue weighted by Crippen LogP contribution is 2.36. The van der Waals surface area contributed by atoms with Gasteiger partial charge in [-0.25, -0.2) is 0 Å². The molecule has 0 spiro atoms. The summed E-state index contributed by atoms with van der Waals surface area (Å²) in [4.78, 5) is 11.8. The van der Waals surface area contributed by atoms with Gasteiger partial charge in [0.15, 0.2) is 11.5 Å². The van der Waals surface area contributed by atoms with Crippen LogP contribution < -0.4 is 24.3 Å². The standard InChI is InChI=1S/C36H36N2O7/c1-23-14-29(44-21-28-8-5-9-30(24(28)2)27-10-11-32-34(16-27)43-13-12-42-32)17-33(31(23)19-38-36(3,22-39)35(40)41)45-20-26-7-4-6-25(15-26)18-37/h4-11,14-17,38-39H,12-13,19-22H2,1-3H3,(H,40,41)/t36-/m1/s1. The maximum Gasteiger partial charge on any atom is 0.326 e. The molecule has 4 aromatic rings. The normalized spacial score (nSPS) is 13.4. The van der Waals surface area contributed by atoms with Gasteiger partial charge in [-0.3, -0.25) is 10.1 Å². The monoisotopic (exact) mass is 608 g/mol. The Kier molecular flexibility index (Phi) is 9.57. The van der Waals surface area contributed by atoms with E-state index in [1.807, 2.05) is 49.4 Å². The smallest absolute Gasteiger partial charge is 0.326 e. The lowest BCUT2D eigenvalue weighted by atomic mass is 9.96. The Hall–Kier alpha value is -5.04. The molecule has 0 aromatic heterocycles. The Bertz CT molecular complexity index is 1750. The molecule has 0 fully saturated rings. The number of benzene rings is 4. The number of rotatable bonds is 12. The minimum absolute atomic E-state index is 0.139. The number of aliphatic carboxylic acids is 1. The molecule has 3 N–H and O–H groups in total. The van der Waals surface area contributed by atoms with Crippen molar-refractivity contribution in [3.8, 4) is 40.2 Å². The molecule has 0 saturated heterocycles. The van der Waals surface area contributed by atoms with E-state index in [-0.39, 0.29) is 13.2 Å². The summed E-state index contributed by atoms with van der Waals surface area (Å²) < 4.78 is 24.0. The first-order chi connectivity index (χ1) is 21.7. The highest BCUT2D eigenvalue weighted by atomic mass is 16.6. The van der Waals surface area contributed by atoms with Crippen LogP contribution in [0.3, 0.4) is 0 Å². The van der Waals surface area contributed by atoms with Gasteiger partial charge in [0.05, 0.1) is 18.2 Å². The van der Waals surface area contributed by atoms with Crippen molar-refractivity contribution in [2.45, 2.75) is 46.1 Å². The van der Waals surface area contributed by atoms with Crippen LogP contribution in [0.5, 0.6) is 23.0 Å². The number of carbonyl (C=O) groups is 1. The van der Waals surface area contributed by atoms with Crippen LogP contribution in [0.2, 0.25) is 0 Å². The van der Waals surface area contributed by atoms with Crippen LogP contribution >= 0.6 is 0 Å². The van der Waals surface area contributed by atoms with Crippen LogP contribution in [0.1, 0.15) is 40.3 Å². The number of aliphatic hydroxyl groups is 1. The predicted octanol–water partition coefficient (Wildman–Crippen LogP) is 5.70. The number of nitrogens with zero attached hydrogens (tertiary/aromatic N) is 1. The molecule has 232 valence electrons. The van der Waals surface area contributed by atoms with Crippen LogP contribution in [0.15, 0.2) is 72.8 Å². The van der Waals surface area contributed by atoms with Crippen molar-refractivity contribution in [3.63, 3.8) is 0 Å². The van der Waals surface area contributed by atoms with Crippen molar-refractivity contribution in [2.75, 3.05) is 19.8 Å². The Morgan fingerprint density at radius 1 is 0.978 bits per heavy atom. The first-order valence-corrected chi connectivity index (χ1v) is 14.7. The van der Waals surface area contributed by atoms with Crippen molar-refractivity contribution in [1.29, 1.82) is 5.26 Å². The molecule has 0 unspecified atom stereocenters. The molecule has 0 amide bonds. The summed E-state index contributed by atoms with van der Waals surface area (Å²) in [5.74, 6) is 1.42. The molecular weight excluding hydrogens is 572 g/mol. The van der Waals surface area contributed by atoms with Crippen LogP contribution in [0.25, 0.3) is 11.1 Å². The fourth-order valence-corrected chi connectivity index (χ4v) is 5.09. The first kappa shape index (κ1) is 31.4. The van der Waals surface area contributed by atoms with Crippen molar-refractivity contribution in [2.24, 2.45) is 0 Å². The maximum atomic E-state index is 11.8. The second-order valence-electron chi connectivity index (χ2n) is 11.2. The van der Waals surface area contributed by atoms with Crippen LogP contribution in [0, 0.1) is 25.2 Å². The number of ether oxygens (including phenoxy) is 4. The number of carboxylic acids is 1. The van der Waals surface area contributed by atoms with Gasteiger partial charge in [-0.15, -0.1) is 0 Å². The summed E-state index contributed by atoms with van der Waals surface area (Å²) in [5.41, 5.74) is 5.57. The zero-order chi connectivity index (χ0) is 32.0. The lowest BCUT2D eigenvalue weighted by Crippen LogP contribution is -2.52. The molecule has 0 saturated carbocycles. The molecule has 0 radical (unpaired) electrons. The first-order valence-electron chi connectivity index (χ1n) is 14.7. The topological polar surface area (TPSA) is 130 Å². The van der Waals surface area contributed by atoms with Crippen molar-refractivity contribution in [1.82, 2.24) is 5.32 Å². The van der Waals surface area contributed by atoms with Gasteiger partial charge in [-0.05, 0) is 84.5 Å². The van der Waals surface area contributed by atoms with Gasteiger partial charge in [0.25, 0.3) is 0 Å². The molecule has 1 aliphatic rings. The van der Waals surface area contributed by atoms with Gasteiger partial charge in [0.2, 0.25) is 0 Å². The van der Waals surface area contributed by atoms with Gasteiger partial charge >= 0.3 is 5.97 Å². The van der Waals surface area contributed by atoms with Crippen molar-refractivity contribution in [3.05, 3.63) is 106 Å². The third kappa shape index (κ3) is 7.20. The van der Waals surface area contributed by atoms with Gasteiger partial charge in [0.1, 0.15) is 43.5 Å². The zero-order valence-corrected chi connectivity index (χ0v) is 25.6. The van der Waals surface area contributed by atoms with Crippen LogP contribution in [-0.2, 0) is 24.6 Å². The highest BCUT2D eigenvalue weighted by molar-refractivity contribution is 5.78. The van der Waals surface area contributed by atoms with E-state index >= 15 is 0 Å². The maximum absolute atomic E-state index is 11.8. The Labute approximate surface area is 262 Å². The summed E-state index contributed by atoms with van der Waals surface area (Å²) in [6.07, 6.45) is 0. The minimum atomic E-state index is -1.53. The number of fused-ring (bicyclic) bond motifs is 1. The summed E-state index contributed by atoms with van der Waals surface area (Å²) >= 11 is 0. The van der Waals surface area contributed by atoms with Gasteiger partial charge in [-0.1, -0.05) is 36.4 Å². The molecule has 9 nitrogen and oxygen atoms in total. The molecule has 4 aromatic carbocycles. The Balaban J connectivity index is 1.39. The molecule has 0 bridgehead atoms. The van der Waals surface area contributed by atoms with E-state index in [1.54, 1.807) is 24.3 Å². The van der Waals surface area contributed by atoms with E-state index in [0.29, 0.717) is 36.9 Å². The fourth-order valence-electron chi connectivity index (χ4n) is 5.09. The second-order valence-corrected chi connectivity index (χ2v) is 11.2. The predicted molar refractivity (Wildman–Crippen MR) is 169 cm³/mol. The largest absolute Gasteiger partial charge is 0.489 e. The van der Waals surface area contributed by atoms with Gasteiger partial charge in [0, 0.05) is 18.2 Å². The van der Waals surface area contributed by atoms with Gasteiger partial charge in [-0.2, -0.15) is 5.26 Å². The molecule has 5 rings (SSSR count). The van der Waals surface area contributed by atoms with E-state index in [1.165, 1.54) is 6.92 Å². The molecule has 45 heavy (non-hydrogen) atoms. The van der Waals surface area contributed by atoms with E-state index in [2.05, 4.69) is 24.4 Å². The van der Waals surface area contributed by atoms with Crippen molar-refractivity contribution < 1.29 is 34.0 Å². The van der Waals surface area contributed by atoms with Crippen LogP contribution in [0.4, 0.5) is 0 Å². The lowest BCUT2D eigenvalue weighted by molar-refractivity contribution is -0.145. The molecule has 1 aliphatic heterocycles. The summed E-state index contributed by atoms with van der Waals surface area (Å²) in [6.45, 7) is 6.52. The van der Waals surface area contributed by atoms with Gasteiger partial charge < -0.3 is 29.2 Å². The summed E-state index contributed by atoms with van der Waals surface area (Å²) in [7, 11) is 0. The number of hydrogen-bond acceptors (Lipinski definition) is 8. The second kappa shape index (κ2) is 13.7. The fraction of sp³-hybridized carbons (Fsp3) is 0.278. The quantitative estimate of drug-likeness (QED) is 0.186. The Morgan fingerprint density at radius 2 is 1.76 bits per heavy atom. The number of nitrogens with one attached hydrogen (secondary N) is 1. The summed E-state index contributed by atoms with van der Waals surface area (Å²) in [5, 5.41) is 31.6. The Morgan fingerprint density at radius 3 is 2.51 bits per heavy atom. The molecular formula is C36H36N2O7. The molecule has 0 aliphatic carbocycles. The molecule has 1 heterocycles. The number of nitriles is 1. The average Bonchev–Trinajstić information content (AvgIpc) is 3.06. The van der Waals surface area contributed by atoms with E-state index in [4.69, 9.17) is 18.9 Å². The van der Waals surface area contributed by atoms with E-state index in [9.17, 15) is 20.3 Å². The minimum Gasteiger partial charge on any atom is -0.489 e. The number of aryl methyl sites for hydroxylation is 1. The lowest BCUT2D eigenvalue weighted by Gasteiger charge is -2.25. The zero-order valence-electron chi connectivity index (χ0n) is 25.6. The van der Waals surface area contributed by atoms with Crippen LogP contribution in [-0.4, -0.2) is 41.5 Å².